The average molecular weight is 222 g/mol. The van der Waals surface area contributed by atoms with E-state index in [0.29, 0.717) is 5.28 Å². The quantitative estimate of drug-likeness (QED) is 0.781. The molecule has 0 fully saturated rings. The highest BCUT2D eigenvalue weighted by molar-refractivity contribution is 6.28. The van der Waals surface area contributed by atoms with Crippen LogP contribution in [0.3, 0.4) is 0 Å². The van der Waals surface area contributed by atoms with Gasteiger partial charge < -0.3 is 0 Å². The van der Waals surface area contributed by atoms with Gasteiger partial charge >= 0.3 is 0 Å². The van der Waals surface area contributed by atoms with E-state index in [0.717, 1.165) is 0 Å². The van der Waals surface area contributed by atoms with Crippen LogP contribution >= 0.6 is 11.6 Å². The van der Waals surface area contributed by atoms with Crippen molar-refractivity contribution in [1.29, 1.82) is 0 Å². The molecule has 78 valence electrons. The maximum atomic E-state index is 5.91. The minimum Gasteiger partial charge on any atom is -0.297 e. The van der Waals surface area contributed by atoms with Crippen molar-refractivity contribution in [2.45, 2.75) is 19.9 Å². The third-order valence-electron chi connectivity index (χ3n) is 2.51. The standard InChI is InChI=1S/C11H12ClN3/c1-8-3-5-10(6-4-8)9(2)15-7-13-14-11(15)12/h3-7,9H,1-2H3. The fraction of sp³-hybridized carbons (Fsp3) is 0.273. The van der Waals surface area contributed by atoms with Gasteiger partial charge in [0.2, 0.25) is 5.28 Å². The predicted molar refractivity (Wildman–Crippen MR) is 60.0 cm³/mol. The third kappa shape index (κ3) is 2.02. The lowest BCUT2D eigenvalue weighted by Gasteiger charge is -2.13. The Hall–Kier alpha value is -1.35. The van der Waals surface area contributed by atoms with E-state index in [2.05, 4.69) is 48.3 Å². The summed E-state index contributed by atoms with van der Waals surface area (Å²) < 4.78 is 1.84. The second-order valence-electron chi connectivity index (χ2n) is 3.59. The van der Waals surface area contributed by atoms with E-state index in [1.54, 1.807) is 6.33 Å². The normalized spacial score (nSPS) is 12.7. The van der Waals surface area contributed by atoms with Crippen molar-refractivity contribution < 1.29 is 0 Å². The number of halogens is 1. The van der Waals surface area contributed by atoms with Crippen molar-refractivity contribution in [2.24, 2.45) is 0 Å². The molecule has 0 N–H and O–H groups in total. The zero-order valence-corrected chi connectivity index (χ0v) is 9.44. The molecule has 1 unspecified atom stereocenters. The molecular formula is C11H12ClN3. The van der Waals surface area contributed by atoms with Gasteiger partial charge in [0.1, 0.15) is 6.33 Å². The van der Waals surface area contributed by atoms with E-state index >= 15 is 0 Å². The van der Waals surface area contributed by atoms with Crippen molar-refractivity contribution in [3.8, 4) is 0 Å². The zero-order chi connectivity index (χ0) is 10.8. The first-order chi connectivity index (χ1) is 7.18. The fourth-order valence-corrected chi connectivity index (χ4v) is 1.73. The van der Waals surface area contributed by atoms with Crippen molar-refractivity contribution in [2.75, 3.05) is 0 Å². The average Bonchev–Trinajstić information content (AvgIpc) is 2.65. The van der Waals surface area contributed by atoms with Gasteiger partial charge in [-0.15, -0.1) is 10.2 Å². The first-order valence-corrected chi connectivity index (χ1v) is 5.18. The highest BCUT2D eigenvalue weighted by Crippen LogP contribution is 2.20. The second-order valence-corrected chi connectivity index (χ2v) is 3.93. The SMILES string of the molecule is Cc1ccc(C(C)n2cnnc2Cl)cc1. The van der Waals surface area contributed by atoms with Crippen LogP contribution in [0.1, 0.15) is 24.1 Å². The molecule has 1 atom stereocenters. The van der Waals surface area contributed by atoms with Gasteiger partial charge in [-0.2, -0.15) is 0 Å². The van der Waals surface area contributed by atoms with Crippen LogP contribution in [0.5, 0.6) is 0 Å². The van der Waals surface area contributed by atoms with Gasteiger partial charge in [-0.3, -0.25) is 4.57 Å². The predicted octanol–water partition coefficient (Wildman–Crippen LogP) is 2.85. The second kappa shape index (κ2) is 4.03. The van der Waals surface area contributed by atoms with Gasteiger partial charge in [-0.25, -0.2) is 0 Å². The number of hydrogen-bond donors (Lipinski definition) is 0. The van der Waals surface area contributed by atoms with Gasteiger partial charge in [0.25, 0.3) is 0 Å². The molecule has 0 bridgehead atoms. The minimum absolute atomic E-state index is 0.160. The van der Waals surface area contributed by atoms with Crippen LogP contribution < -0.4 is 0 Å². The van der Waals surface area contributed by atoms with Gasteiger partial charge in [0.15, 0.2) is 0 Å². The smallest absolute Gasteiger partial charge is 0.225 e. The number of hydrogen-bond acceptors (Lipinski definition) is 2. The summed E-state index contributed by atoms with van der Waals surface area (Å²) in [5.41, 5.74) is 2.45. The molecule has 0 aliphatic heterocycles. The van der Waals surface area contributed by atoms with Crippen molar-refractivity contribution in [1.82, 2.24) is 14.8 Å². The first-order valence-electron chi connectivity index (χ1n) is 4.80. The van der Waals surface area contributed by atoms with E-state index < -0.39 is 0 Å². The van der Waals surface area contributed by atoms with Crippen molar-refractivity contribution >= 4 is 11.6 Å². The lowest BCUT2D eigenvalue weighted by Crippen LogP contribution is -2.05. The Morgan fingerprint density at radius 3 is 2.47 bits per heavy atom. The summed E-state index contributed by atoms with van der Waals surface area (Å²) in [4.78, 5) is 0. The number of benzene rings is 1. The maximum Gasteiger partial charge on any atom is 0.225 e. The van der Waals surface area contributed by atoms with Crippen LogP contribution in [0.2, 0.25) is 5.28 Å². The van der Waals surface area contributed by atoms with E-state index in [1.807, 2.05) is 4.57 Å². The molecule has 0 saturated carbocycles. The van der Waals surface area contributed by atoms with Crippen LogP contribution in [0.15, 0.2) is 30.6 Å². The minimum atomic E-state index is 0.160. The van der Waals surface area contributed by atoms with Gasteiger partial charge in [0, 0.05) is 0 Å². The van der Waals surface area contributed by atoms with Crippen molar-refractivity contribution in [3.05, 3.63) is 47.0 Å². The van der Waals surface area contributed by atoms with E-state index in [-0.39, 0.29) is 6.04 Å². The Morgan fingerprint density at radius 1 is 1.27 bits per heavy atom. The van der Waals surface area contributed by atoms with Crippen LogP contribution in [0.25, 0.3) is 0 Å². The lowest BCUT2D eigenvalue weighted by molar-refractivity contribution is 0.637. The van der Waals surface area contributed by atoms with Crippen LogP contribution in [0, 0.1) is 6.92 Å². The molecule has 0 saturated heterocycles. The summed E-state index contributed by atoms with van der Waals surface area (Å²) in [6.07, 6.45) is 1.65. The summed E-state index contributed by atoms with van der Waals surface area (Å²) in [7, 11) is 0. The molecule has 0 aliphatic rings. The summed E-state index contributed by atoms with van der Waals surface area (Å²) in [6.45, 7) is 4.14. The van der Waals surface area contributed by atoms with Crippen LogP contribution in [-0.4, -0.2) is 14.8 Å². The summed E-state index contributed by atoms with van der Waals surface area (Å²) in [5, 5.41) is 7.95. The molecule has 1 heterocycles. The molecule has 4 heteroatoms. The molecule has 0 spiro atoms. The summed E-state index contributed by atoms with van der Waals surface area (Å²) in [6, 6.07) is 8.52. The van der Waals surface area contributed by atoms with Gasteiger partial charge in [-0.1, -0.05) is 29.8 Å². The number of aromatic nitrogens is 3. The molecule has 15 heavy (non-hydrogen) atoms. The van der Waals surface area contributed by atoms with Gasteiger partial charge in [-0.05, 0) is 31.0 Å². The van der Waals surface area contributed by atoms with E-state index in [4.69, 9.17) is 11.6 Å². The lowest BCUT2D eigenvalue weighted by atomic mass is 10.1. The molecule has 0 radical (unpaired) electrons. The van der Waals surface area contributed by atoms with Crippen molar-refractivity contribution in [3.63, 3.8) is 0 Å². The first kappa shape index (κ1) is 10.2. The van der Waals surface area contributed by atoms with Crippen LogP contribution in [0.4, 0.5) is 0 Å². The monoisotopic (exact) mass is 221 g/mol. The molecule has 2 aromatic rings. The number of rotatable bonds is 2. The maximum absolute atomic E-state index is 5.91. The number of aryl methyl sites for hydroxylation is 1. The highest BCUT2D eigenvalue weighted by atomic mass is 35.5. The Balaban J connectivity index is 2.32. The third-order valence-corrected chi connectivity index (χ3v) is 2.78. The van der Waals surface area contributed by atoms with E-state index in [9.17, 15) is 0 Å². The zero-order valence-electron chi connectivity index (χ0n) is 8.68. The molecule has 1 aromatic heterocycles. The Bertz CT molecular complexity index is 447. The molecule has 3 nitrogen and oxygen atoms in total. The molecular weight excluding hydrogens is 210 g/mol. The largest absolute Gasteiger partial charge is 0.297 e. The number of nitrogens with zero attached hydrogens (tertiary/aromatic N) is 3. The molecule has 0 aliphatic carbocycles. The molecule has 1 aromatic carbocycles. The highest BCUT2D eigenvalue weighted by Gasteiger charge is 2.10. The Kier molecular flexibility index (Phi) is 2.73. The Labute approximate surface area is 93.7 Å². The Morgan fingerprint density at radius 2 is 1.93 bits per heavy atom. The van der Waals surface area contributed by atoms with Crippen LogP contribution in [-0.2, 0) is 0 Å². The van der Waals surface area contributed by atoms with E-state index in [1.165, 1.54) is 11.1 Å². The molecule has 0 amide bonds. The molecule has 2 rings (SSSR count). The summed E-state index contributed by atoms with van der Waals surface area (Å²) in [5.74, 6) is 0. The topological polar surface area (TPSA) is 30.7 Å². The fourth-order valence-electron chi connectivity index (χ4n) is 1.49. The summed E-state index contributed by atoms with van der Waals surface area (Å²) >= 11 is 5.91. The van der Waals surface area contributed by atoms with Gasteiger partial charge in [0.05, 0.1) is 6.04 Å².